The normalized spacial score (nSPS) is 12.7. The third kappa shape index (κ3) is 3.78. The molecule has 0 aliphatic rings. The minimum atomic E-state index is -4.09. The van der Waals surface area contributed by atoms with Gasteiger partial charge in [0, 0.05) is 11.5 Å². The van der Waals surface area contributed by atoms with Crippen LogP contribution in [0.5, 0.6) is 11.5 Å². The fourth-order valence-corrected chi connectivity index (χ4v) is 5.16. The van der Waals surface area contributed by atoms with Crippen molar-refractivity contribution in [1.82, 2.24) is 4.31 Å². The third-order valence-electron chi connectivity index (χ3n) is 4.49. The Morgan fingerprint density at radius 3 is 2.25 bits per heavy atom. The number of hydrogen-bond acceptors (Lipinski definition) is 4. The number of benzene rings is 3. The quantitative estimate of drug-likeness (QED) is 0.583. The molecule has 5 nitrogen and oxygen atoms in total. The second-order valence-electron chi connectivity index (χ2n) is 6.16. The highest BCUT2D eigenvalue weighted by Gasteiger charge is 2.35. The molecule has 0 aliphatic heterocycles. The Morgan fingerprint density at radius 2 is 1.61 bits per heavy atom. The second-order valence-corrected chi connectivity index (χ2v) is 8.95. The van der Waals surface area contributed by atoms with Gasteiger partial charge in [-0.1, -0.05) is 70.5 Å². The molecular weight excluding hydrogens is 442 g/mol. The Labute approximate surface area is 173 Å². The van der Waals surface area contributed by atoms with Crippen LogP contribution >= 0.6 is 15.9 Å². The van der Waals surface area contributed by atoms with E-state index in [1.807, 2.05) is 54.6 Å². The van der Waals surface area contributed by atoms with Crippen molar-refractivity contribution in [3.05, 3.63) is 88.4 Å². The summed E-state index contributed by atoms with van der Waals surface area (Å²) in [5.74, 6) is -0.268. The van der Waals surface area contributed by atoms with Crippen molar-refractivity contribution in [2.75, 3.05) is 14.2 Å². The van der Waals surface area contributed by atoms with E-state index in [1.165, 1.54) is 36.7 Å². The van der Waals surface area contributed by atoms with E-state index in [4.69, 9.17) is 4.74 Å². The van der Waals surface area contributed by atoms with Crippen LogP contribution < -0.4 is 4.74 Å². The smallest absolute Gasteiger partial charge is 0.251 e. The van der Waals surface area contributed by atoms with E-state index in [9.17, 15) is 13.5 Å². The van der Waals surface area contributed by atoms with Crippen molar-refractivity contribution < 1.29 is 18.3 Å². The van der Waals surface area contributed by atoms with Gasteiger partial charge in [0.1, 0.15) is 11.5 Å². The summed E-state index contributed by atoms with van der Waals surface area (Å²) in [6, 6.07) is 20.6. The Hall–Kier alpha value is -2.35. The van der Waals surface area contributed by atoms with Crippen LogP contribution in [-0.2, 0) is 10.0 Å². The van der Waals surface area contributed by atoms with E-state index in [0.29, 0.717) is 0 Å². The summed E-state index contributed by atoms with van der Waals surface area (Å²) in [5, 5.41) is 10.3. The van der Waals surface area contributed by atoms with Crippen LogP contribution in [-0.4, -0.2) is 32.0 Å². The van der Waals surface area contributed by atoms with Crippen LogP contribution in [0.1, 0.15) is 17.2 Å². The van der Waals surface area contributed by atoms with Gasteiger partial charge in [0.05, 0.1) is 13.2 Å². The third-order valence-corrected chi connectivity index (χ3v) is 7.11. The lowest BCUT2D eigenvalue weighted by Gasteiger charge is -2.29. The minimum Gasteiger partial charge on any atom is -0.506 e. The summed E-state index contributed by atoms with van der Waals surface area (Å²) in [6.07, 6.45) is 0. The molecule has 28 heavy (non-hydrogen) atoms. The largest absolute Gasteiger partial charge is 0.506 e. The summed E-state index contributed by atoms with van der Waals surface area (Å²) in [6.45, 7) is 0. The number of halogens is 1. The van der Waals surface area contributed by atoms with Crippen molar-refractivity contribution in [2.45, 2.75) is 10.9 Å². The first kappa shape index (κ1) is 20.4. The zero-order valence-electron chi connectivity index (χ0n) is 15.4. The highest BCUT2D eigenvalue weighted by atomic mass is 79.9. The predicted molar refractivity (Wildman–Crippen MR) is 112 cm³/mol. The van der Waals surface area contributed by atoms with Gasteiger partial charge in [0.25, 0.3) is 10.0 Å². The predicted octanol–water partition coefficient (Wildman–Crippen LogP) is 4.57. The van der Waals surface area contributed by atoms with E-state index in [-0.39, 0.29) is 16.4 Å². The fourth-order valence-electron chi connectivity index (χ4n) is 3.12. The van der Waals surface area contributed by atoms with Gasteiger partial charge in [-0.25, -0.2) is 8.42 Å². The molecule has 0 saturated carbocycles. The molecule has 7 heteroatoms. The second kappa shape index (κ2) is 8.34. The van der Waals surface area contributed by atoms with E-state index in [0.717, 1.165) is 15.6 Å². The molecule has 0 amide bonds. The maximum atomic E-state index is 13.5. The molecule has 0 aliphatic carbocycles. The van der Waals surface area contributed by atoms with Gasteiger partial charge in [-0.15, -0.1) is 0 Å². The molecule has 0 heterocycles. The van der Waals surface area contributed by atoms with Crippen molar-refractivity contribution >= 4 is 26.0 Å². The first-order valence-corrected chi connectivity index (χ1v) is 10.7. The van der Waals surface area contributed by atoms with Crippen LogP contribution in [0.2, 0.25) is 0 Å². The van der Waals surface area contributed by atoms with Gasteiger partial charge in [0.2, 0.25) is 0 Å². The van der Waals surface area contributed by atoms with Crippen LogP contribution in [0, 0.1) is 0 Å². The molecule has 0 radical (unpaired) electrons. The monoisotopic (exact) mass is 461 g/mol. The molecule has 1 unspecified atom stereocenters. The minimum absolute atomic E-state index is 0.0887. The first-order chi connectivity index (χ1) is 13.4. The van der Waals surface area contributed by atoms with E-state index < -0.39 is 16.1 Å². The average Bonchev–Trinajstić information content (AvgIpc) is 2.70. The van der Waals surface area contributed by atoms with Gasteiger partial charge in [-0.2, -0.15) is 4.31 Å². The number of nitrogens with zero attached hydrogens (tertiary/aromatic N) is 1. The molecular formula is C21H20BrNO4S. The van der Waals surface area contributed by atoms with Gasteiger partial charge in [0.15, 0.2) is 4.90 Å². The molecule has 1 N–H and O–H groups in total. The molecule has 0 aromatic heterocycles. The Morgan fingerprint density at radius 1 is 0.964 bits per heavy atom. The zero-order valence-corrected chi connectivity index (χ0v) is 17.8. The van der Waals surface area contributed by atoms with Gasteiger partial charge < -0.3 is 9.84 Å². The summed E-state index contributed by atoms with van der Waals surface area (Å²) in [7, 11) is -1.22. The van der Waals surface area contributed by atoms with Crippen LogP contribution in [0.4, 0.5) is 0 Å². The van der Waals surface area contributed by atoms with Crippen molar-refractivity contribution in [1.29, 1.82) is 0 Å². The van der Waals surface area contributed by atoms with E-state index in [2.05, 4.69) is 15.9 Å². The number of rotatable bonds is 6. The van der Waals surface area contributed by atoms with Gasteiger partial charge in [-0.05, 0) is 29.3 Å². The number of ether oxygens (including phenoxy) is 1. The molecule has 0 bridgehead atoms. The average molecular weight is 462 g/mol. The number of methoxy groups -OCH3 is 1. The Kier molecular flexibility index (Phi) is 6.07. The summed E-state index contributed by atoms with van der Waals surface area (Å²) in [5.41, 5.74) is 1.59. The summed E-state index contributed by atoms with van der Waals surface area (Å²) >= 11 is 3.53. The van der Waals surface area contributed by atoms with Crippen LogP contribution in [0.15, 0.2) is 82.2 Å². The molecule has 3 rings (SSSR count). The lowest BCUT2D eigenvalue weighted by atomic mass is 9.99. The van der Waals surface area contributed by atoms with E-state index >= 15 is 0 Å². The number of phenolic OH excluding ortho intramolecular Hbond substituents is 1. The van der Waals surface area contributed by atoms with Gasteiger partial charge in [-0.3, -0.25) is 0 Å². The van der Waals surface area contributed by atoms with Crippen LogP contribution in [0.3, 0.4) is 0 Å². The summed E-state index contributed by atoms with van der Waals surface area (Å²) in [4.78, 5) is -0.256. The lowest BCUT2D eigenvalue weighted by Crippen LogP contribution is -2.32. The van der Waals surface area contributed by atoms with Crippen molar-refractivity contribution in [3.63, 3.8) is 0 Å². The molecule has 3 aromatic carbocycles. The first-order valence-electron chi connectivity index (χ1n) is 8.51. The number of sulfonamides is 1. The Bertz CT molecular complexity index is 1070. The fraction of sp³-hybridized carbons (Fsp3) is 0.143. The number of phenols is 1. The standard InChI is InChI=1S/C21H20BrNO4S/c1-23(28(25,26)21-18(24)13-8-14-19(21)27-2)20(15-9-4-3-5-10-15)16-11-6-7-12-17(16)22/h3-14,20,24H,1-2H3. The zero-order chi connectivity index (χ0) is 20.3. The highest BCUT2D eigenvalue weighted by Crippen LogP contribution is 2.40. The van der Waals surface area contributed by atoms with Crippen LogP contribution in [0.25, 0.3) is 0 Å². The van der Waals surface area contributed by atoms with E-state index in [1.54, 1.807) is 0 Å². The maximum absolute atomic E-state index is 13.5. The van der Waals surface area contributed by atoms with Crippen molar-refractivity contribution in [2.24, 2.45) is 0 Å². The summed E-state index contributed by atoms with van der Waals surface area (Å²) < 4.78 is 34.2. The molecule has 3 aromatic rings. The molecule has 1 atom stereocenters. The SMILES string of the molecule is COc1cccc(O)c1S(=O)(=O)N(C)C(c1ccccc1)c1ccccc1Br. The highest BCUT2D eigenvalue weighted by molar-refractivity contribution is 9.10. The number of aromatic hydroxyl groups is 1. The number of hydrogen-bond donors (Lipinski definition) is 1. The van der Waals surface area contributed by atoms with Crippen molar-refractivity contribution in [3.8, 4) is 11.5 Å². The maximum Gasteiger partial charge on any atom is 0.251 e. The molecule has 0 spiro atoms. The molecule has 0 fully saturated rings. The topological polar surface area (TPSA) is 66.8 Å². The Balaban J connectivity index is 2.20. The van der Waals surface area contributed by atoms with Gasteiger partial charge >= 0.3 is 0 Å². The molecule has 146 valence electrons. The molecule has 0 saturated heterocycles. The lowest BCUT2D eigenvalue weighted by molar-refractivity contribution is 0.375.